The number of phenols is 2. The van der Waals surface area contributed by atoms with Gasteiger partial charge < -0.3 is 30.2 Å². The molecule has 232 valence electrons. The molecule has 12 nitrogen and oxygen atoms in total. The number of esters is 2. The predicted octanol–water partition coefficient (Wildman–Crippen LogP) is -1.01. The second-order valence-electron chi connectivity index (χ2n) is 9.61. The van der Waals surface area contributed by atoms with Gasteiger partial charge in [-0.3, -0.25) is 10.1 Å². The minimum atomic E-state index is -0.723. The zero-order valence-corrected chi connectivity index (χ0v) is 31.1. The molecule has 0 fully saturated rings. The van der Waals surface area contributed by atoms with Crippen molar-refractivity contribution in [1.29, 1.82) is 0 Å². The van der Waals surface area contributed by atoms with E-state index in [0.29, 0.717) is 33.9 Å². The Morgan fingerprint density at radius 3 is 1.54 bits per heavy atom. The molecule has 0 saturated carbocycles. The number of benzene rings is 4. The molecule has 0 spiro atoms. The van der Waals surface area contributed by atoms with E-state index in [9.17, 15) is 30.3 Å². The van der Waals surface area contributed by atoms with Crippen LogP contribution in [0.5, 0.6) is 23.0 Å². The summed E-state index contributed by atoms with van der Waals surface area (Å²) in [6.45, 7) is 6.07. The molecular weight excluding hydrogens is 662 g/mol. The molecule has 0 aliphatic heterocycles. The summed E-state index contributed by atoms with van der Waals surface area (Å²) < 4.78 is 19.0. The molecule has 0 radical (unpaired) electrons. The molecule has 0 aliphatic carbocycles. The monoisotopic (exact) mass is 688 g/mol. The van der Waals surface area contributed by atoms with Crippen molar-refractivity contribution in [2.24, 2.45) is 0 Å². The Kier molecular flexibility index (Phi) is 19.1. The van der Waals surface area contributed by atoms with E-state index in [-0.39, 0.29) is 98.7 Å². The average Bonchev–Trinajstić information content (AvgIpc) is 3.00. The topological polar surface area (TPSA) is 176 Å². The number of hydrogen-bond donors (Lipinski definition) is 2. The molecule has 0 saturated heterocycles. The van der Waals surface area contributed by atoms with E-state index in [4.69, 9.17) is 9.47 Å². The molecule has 0 bridgehead atoms. The molecule has 4 aromatic carbocycles. The fourth-order valence-electron chi connectivity index (χ4n) is 3.43. The smallest absolute Gasteiger partial charge is 0.691 e. The van der Waals surface area contributed by atoms with Gasteiger partial charge in [0.25, 0.3) is 0 Å². The summed E-state index contributed by atoms with van der Waals surface area (Å²) in [6.07, 6.45) is 0. The van der Waals surface area contributed by atoms with Crippen LogP contribution < -0.4 is 79.1 Å². The first-order valence-corrected chi connectivity index (χ1v) is 14.0. The summed E-state index contributed by atoms with van der Waals surface area (Å²) in [6, 6.07) is 23.7. The van der Waals surface area contributed by atoms with Crippen LogP contribution in [0, 0.1) is 0 Å². The Morgan fingerprint density at radius 2 is 1.07 bits per heavy atom. The summed E-state index contributed by atoms with van der Waals surface area (Å²) in [5.74, 6) is -1.43. The number of hydrogen-bond acceptors (Lipinski definition) is 14. The van der Waals surface area contributed by atoms with Gasteiger partial charge in [-0.1, -0.05) is 63.2 Å². The molecule has 0 unspecified atom stereocenters. The van der Waals surface area contributed by atoms with Gasteiger partial charge in [0.1, 0.15) is 34.1 Å². The van der Waals surface area contributed by atoms with E-state index in [1.165, 1.54) is 30.3 Å². The Labute approximate surface area is 317 Å². The Bertz CT molecular complexity index is 1570. The van der Waals surface area contributed by atoms with Crippen LogP contribution in [0.3, 0.4) is 0 Å². The van der Waals surface area contributed by atoms with Crippen LogP contribution >= 0.6 is 24.1 Å². The second kappa shape index (κ2) is 21.0. The normalized spacial score (nSPS) is 10.4. The van der Waals surface area contributed by atoms with Crippen LogP contribution in [-0.2, 0) is 24.2 Å². The summed E-state index contributed by atoms with van der Waals surface area (Å²) in [5, 5.41) is 45.8. The average molecular weight is 689 g/mol. The van der Waals surface area contributed by atoms with Crippen molar-refractivity contribution < 1.29 is 118 Å². The molecule has 0 aromatic heterocycles. The van der Waals surface area contributed by atoms with E-state index in [2.05, 4.69) is 18.7 Å². The van der Waals surface area contributed by atoms with Crippen LogP contribution in [0.15, 0.2) is 101 Å². The van der Waals surface area contributed by atoms with Gasteiger partial charge >= 0.3 is 71.1 Å². The van der Waals surface area contributed by atoms with Crippen molar-refractivity contribution in [3.8, 4) is 23.0 Å². The molecule has 46 heavy (non-hydrogen) atoms. The molecule has 4 rings (SSSR count). The second-order valence-corrected chi connectivity index (χ2v) is 11.1. The van der Waals surface area contributed by atoms with E-state index < -0.39 is 11.9 Å². The van der Waals surface area contributed by atoms with E-state index in [1.807, 2.05) is 26.8 Å². The van der Waals surface area contributed by atoms with Gasteiger partial charge in [-0.05, 0) is 59.5 Å². The standard InChI is InChI=1S/C17H18O6S.C13H10O6S.2Na/c1-17(2,3)11-8-9-14(15(10-11)24-23-22-20)21-16(19)12-6-4-5-7-13(12)18;14-10-6-2-1-5-9(10)13(15)17-11-7-3-4-8-12(11)20-19-18-16;;/h4-10,18,20H,1-3H3;1-8,14,16H;;/q;;2*+1/p-2. The van der Waals surface area contributed by atoms with Crippen molar-refractivity contribution in [2.75, 3.05) is 0 Å². The molecule has 4 aromatic rings. The maximum Gasteiger partial charge on any atom is 1.00 e. The third kappa shape index (κ3) is 12.8. The third-order valence-electron chi connectivity index (χ3n) is 5.62. The molecule has 16 heteroatoms. The molecule has 2 N–H and O–H groups in total. The number of carbonyl (C=O) groups excluding carboxylic acids is 2. The van der Waals surface area contributed by atoms with Gasteiger partial charge in [0.2, 0.25) is 0 Å². The van der Waals surface area contributed by atoms with Gasteiger partial charge in [-0.2, -0.15) is 8.67 Å². The van der Waals surface area contributed by atoms with E-state index >= 15 is 0 Å². The van der Waals surface area contributed by atoms with Crippen molar-refractivity contribution >= 4 is 36.0 Å². The number of carbonyl (C=O) groups is 2. The fraction of sp³-hybridized carbons (Fsp3) is 0.133. The molecule has 0 aliphatic rings. The maximum atomic E-state index is 12.2. The third-order valence-corrected chi connectivity index (χ3v) is 6.88. The van der Waals surface area contributed by atoms with Crippen molar-refractivity contribution in [3.05, 3.63) is 108 Å². The van der Waals surface area contributed by atoms with Crippen LogP contribution in [0.4, 0.5) is 0 Å². The van der Waals surface area contributed by atoms with Crippen molar-refractivity contribution in [3.63, 3.8) is 0 Å². The van der Waals surface area contributed by atoms with Gasteiger partial charge in [-0.25, -0.2) is 9.59 Å². The fourth-order valence-corrected chi connectivity index (χ4v) is 4.33. The van der Waals surface area contributed by atoms with Crippen molar-refractivity contribution in [1.82, 2.24) is 0 Å². The minimum absolute atomic E-state index is 0. The number of ether oxygens (including phenoxy) is 2. The summed E-state index contributed by atoms with van der Waals surface area (Å²) in [5.41, 5.74) is 0.887. The number of phenolic OH excluding ortho intramolecular Hbond substituents is 2. The minimum Gasteiger partial charge on any atom is -0.691 e. The maximum absolute atomic E-state index is 12.2. The van der Waals surface area contributed by atoms with Gasteiger partial charge in [-0.15, -0.1) is 0 Å². The quantitative estimate of drug-likeness (QED) is 0.0518. The molecule has 0 amide bonds. The Morgan fingerprint density at radius 1 is 0.630 bits per heavy atom. The first-order chi connectivity index (χ1) is 21.0. The van der Waals surface area contributed by atoms with Gasteiger partial charge in [0.15, 0.2) is 0 Å². The van der Waals surface area contributed by atoms with Crippen molar-refractivity contribution in [2.45, 2.75) is 36.0 Å². The van der Waals surface area contributed by atoms with Gasteiger partial charge in [0, 0.05) is 0 Å². The SMILES string of the molecule is CC(C)(C)c1ccc(OC(=O)c2ccccc2O)c(SOO[O-])c1.O=C(Oc1ccccc1SOO[O-])c1ccccc1O.[Na+].[Na+]. The zero-order valence-electron chi connectivity index (χ0n) is 25.5. The van der Waals surface area contributed by atoms with E-state index in [1.54, 1.807) is 54.6 Å². The first-order valence-electron chi connectivity index (χ1n) is 12.6. The first kappa shape index (κ1) is 41.9. The number of aromatic hydroxyl groups is 2. The molecular formula is C30H26Na2O12S2. The molecule has 0 atom stereocenters. The van der Waals surface area contributed by atoms with Crippen LogP contribution in [-0.4, -0.2) is 22.2 Å². The van der Waals surface area contributed by atoms with Crippen LogP contribution in [0.25, 0.3) is 0 Å². The number of rotatable bonds is 10. The largest absolute Gasteiger partial charge is 1.00 e. The summed E-state index contributed by atoms with van der Waals surface area (Å²) in [4.78, 5) is 24.9. The van der Waals surface area contributed by atoms with Crippen LogP contribution in [0.2, 0.25) is 0 Å². The predicted molar refractivity (Wildman–Crippen MR) is 154 cm³/mol. The van der Waals surface area contributed by atoms with Gasteiger partial charge in [0.05, 0.1) is 33.9 Å². The Hall–Kier alpha value is -2.12. The molecule has 0 heterocycles. The van der Waals surface area contributed by atoms with Crippen LogP contribution in [0.1, 0.15) is 47.1 Å². The Balaban J connectivity index is 0.000000447. The summed E-state index contributed by atoms with van der Waals surface area (Å²) >= 11 is 1.26. The zero-order chi connectivity index (χ0) is 32.1. The van der Waals surface area contributed by atoms with E-state index in [0.717, 1.165) is 5.56 Å². The number of para-hydroxylation sites is 3. The summed E-state index contributed by atoms with van der Waals surface area (Å²) in [7, 11) is 0.